The summed E-state index contributed by atoms with van der Waals surface area (Å²) in [5.41, 5.74) is 3.91. The second-order valence-electron chi connectivity index (χ2n) is 5.82. The summed E-state index contributed by atoms with van der Waals surface area (Å²) in [7, 11) is 4.09. The highest BCUT2D eigenvalue weighted by Crippen LogP contribution is 2.36. The molecular weight excluding hydrogens is 290 g/mol. The molecule has 3 atom stereocenters. The second-order valence-corrected chi connectivity index (χ2v) is 6.23. The molecule has 120 valence electrons. The maximum absolute atomic E-state index is 6.37. The van der Waals surface area contributed by atoms with Crippen LogP contribution in [0, 0.1) is 5.92 Å². The third-order valence-corrected chi connectivity index (χ3v) is 4.45. The number of nitrogens with one attached hydrogen (secondary N) is 1. The van der Waals surface area contributed by atoms with Crippen LogP contribution in [0.2, 0.25) is 5.02 Å². The van der Waals surface area contributed by atoms with Crippen molar-refractivity contribution in [3.8, 4) is 0 Å². The van der Waals surface area contributed by atoms with Crippen LogP contribution < -0.4 is 11.3 Å². The van der Waals surface area contributed by atoms with Crippen molar-refractivity contribution in [1.82, 2.24) is 20.1 Å². The average Bonchev–Trinajstić information content (AvgIpc) is 3.06. The fourth-order valence-electron chi connectivity index (χ4n) is 3.03. The van der Waals surface area contributed by atoms with Crippen molar-refractivity contribution in [3.05, 3.63) is 16.9 Å². The lowest BCUT2D eigenvalue weighted by molar-refractivity contribution is 0.0763. The molecule has 0 aromatic carbocycles. The van der Waals surface area contributed by atoms with E-state index >= 15 is 0 Å². The lowest BCUT2D eigenvalue weighted by Crippen LogP contribution is -2.38. The van der Waals surface area contributed by atoms with Gasteiger partial charge in [-0.05, 0) is 26.9 Å². The lowest BCUT2D eigenvalue weighted by Gasteiger charge is -2.27. The summed E-state index contributed by atoms with van der Waals surface area (Å²) in [6.45, 7) is 4.62. The molecule has 3 N–H and O–H groups in total. The third kappa shape index (κ3) is 3.76. The van der Waals surface area contributed by atoms with Crippen molar-refractivity contribution in [1.29, 1.82) is 0 Å². The van der Waals surface area contributed by atoms with E-state index < -0.39 is 0 Å². The zero-order valence-corrected chi connectivity index (χ0v) is 13.8. The molecule has 1 aromatic rings. The molecule has 3 unspecified atom stereocenters. The first kappa shape index (κ1) is 16.7. The number of nitrogens with two attached hydrogens (primary N) is 1. The van der Waals surface area contributed by atoms with E-state index in [1.165, 1.54) is 0 Å². The van der Waals surface area contributed by atoms with E-state index in [2.05, 4.69) is 22.3 Å². The van der Waals surface area contributed by atoms with Gasteiger partial charge in [0.1, 0.15) is 0 Å². The van der Waals surface area contributed by atoms with Crippen LogP contribution in [0.3, 0.4) is 0 Å². The Hall–Kier alpha value is -0.660. The first-order valence-corrected chi connectivity index (χ1v) is 7.89. The molecule has 0 aliphatic carbocycles. The van der Waals surface area contributed by atoms with Gasteiger partial charge in [0.15, 0.2) is 0 Å². The number of ether oxygens (including phenoxy) is 1. The van der Waals surface area contributed by atoms with Crippen LogP contribution in [0.25, 0.3) is 0 Å². The Labute approximate surface area is 131 Å². The summed E-state index contributed by atoms with van der Waals surface area (Å²) >= 11 is 6.37. The smallest absolute Gasteiger partial charge is 0.0834 e. The average molecular weight is 316 g/mol. The molecule has 2 rings (SSSR count). The van der Waals surface area contributed by atoms with Crippen LogP contribution in [-0.2, 0) is 11.3 Å². The molecule has 7 heteroatoms. The topological polar surface area (TPSA) is 68.3 Å². The second kappa shape index (κ2) is 7.56. The number of likely N-dealkylation sites (N-methyl/N-ethyl adjacent to an activating group) is 1. The quantitative estimate of drug-likeness (QED) is 0.588. The fraction of sp³-hybridized carbons (Fsp3) is 0.786. The Morgan fingerprint density at radius 2 is 2.38 bits per heavy atom. The van der Waals surface area contributed by atoms with Crippen molar-refractivity contribution >= 4 is 11.6 Å². The van der Waals surface area contributed by atoms with E-state index in [1.54, 1.807) is 6.20 Å². The van der Waals surface area contributed by atoms with Crippen LogP contribution in [0.1, 0.15) is 31.5 Å². The standard InChI is InChI=1S/C14H26ClN5O/c1-4-12-10(5-8-21-12)13(18-16)14-11(15)9-17-20(14)7-6-19(2)3/h9-10,12-13,18H,4-8,16H2,1-3H3. The number of hydrogen-bond donors (Lipinski definition) is 2. The first-order valence-electron chi connectivity index (χ1n) is 7.52. The minimum atomic E-state index is -0.0328. The Bertz CT molecular complexity index is 451. The van der Waals surface area contributed by atoms with Crippen molar-refractivity contribution in [3.63, 3.8) is 0 Å². The van der Waals surface area contributed by atoms with E-state index in [0.29, 0.717) is 10.9 Å². The lowest BCUT2D eigenvalue weighted by atomic mass is 9.89. The van der Waals surface area contributed by atoms with Gasteiger partial charge in [-0.2, -0.15) is 5.10 Å². The van der Waals surface area contributed by atoms with Gasteiger partial charge in [0, 0.05) is 19.1 Å². The highest BCUT2D eigenvalue weighted by Gasteiger charge is 2.36. The Balaban J connectivity index is 2.22. The van der Waals surface area contributed by atoms with E-state index in [4.69, 9.17) is 22.2 Å². The number of halogens is 1. The summed E-state index contributed by atoms with van der Waals surface area (Å²) in [6, 6.07) is -0.0328. The molecule has 0 amide bonds. The highest BCUT2D eigenvalue weighted by molar-refractivity contribution is 6.31. The summed E-state index contributed by atoms with van der Waals surface area (Å²) < 4.78 is 7.75. The van der Waals surface area contributed by atoms with Gasteiger partial charge in [-0.3, -0.25) is 16.0 Å². The van der Waals surface area contributed by atoms with Gasteiger partial charge in [0.05, 0.1) is 35.6 Å². The monoisotopic (exact) mass is 315 g/mol. The summed E-state index contributed by atoms with van der Waals surface area (Å²) in [5, 5.41) is 5.07. The number of aromatic nitrogens is 2. The van der Waals surface area contributed by atoms with Gasteiger partial charge in [0.25, 0.3) is 0 Å². The normalized spacial score (nSPS) is 23.9. The molecule has 1 saturated heterocycles. The summed E-state index contributed by atoms with van der Waals surface area (Å²) in [5.74, 6) is 6.16. The third-order valence-electron chi connectivity index (χ3n) is 4.16. The van der Waals surface area contributed by atoms with Gasteiger partial charge in [-0.15, -0.1) is 0 Å². The molecule has 1 aromatic heterocycles. The molecular formula is C14H26ClN5O. The SMILES string of the molecule is CCC1OCCC1C(NN)c1c(Cl)cnn1CCN(C)C. The largest absolute Gasteiger partial charge is 0.378 e. The van der Waals surface area contributed by atoms with Crippen molar-refractivity contribution in [2.45, 2.75) is 38.5 Å². The molecule has 2 heterocycles. The van der Waals surface area contributed by atoms with E-state index in [0.717, 1.165) is 38.2 Å². The van der Waals surface area contributed by atoms with Crippen LogP contribution in [0.4, 0.5) is 0 Å². The zero-order valence-electron chi connectivity index (χ0n) is 13.1. The van der Waals surface area contributed by atoms with Crippen molar-refractivity contribution in [2.75, 3.05) is 27.2 Å². The number of nitrogens with zero attached hydrogens (tertiary/aromatic N) is 3. The highest BCUT2D eigenvalue weighted by atomic mass is 35.5. The Kier molecular flexibility index (Phi) is 6.01. The van der Waals surface area contributed by atoms with Crippen molar-refractivity contribution in [2.24, 2.45) is 11.8 Å². The molecule has 0 bridgehead atoms. The summed E-state index contributed by atoms with van der Waals surface area (Å²) in [6.07, 6.45) is 3.89. The zero-order chi connectivity index (χ0) is 15.4. The van der Waals surface area contributed by atoms with Gasteiger partial charge < -0.3 is 9.64 Å². The molecule has 0 spiro atoms. The van der Waals surface area contributed by atoms with Gasteiger partial charge in [-0.25, -0.2) is 0 Å². The molecule has 1 aliphatic rings. The maximum Gasteiger partial charge on any atom is 0.0834 e. The molecule has 0 radical (unpaired) electrons. The minimum Gasteiger partial charge on any atom is -0.378 e. The molecule has 21 heavy (non-hydrogen) atoms. The van der Waals surface area contributed by atoms with Crippen LogP contribution in [0.15, 0.2) is 6.20 Å². The van der Waals surface area contributed by atoms with E-state index in [1.807, 2.05) is 18.8 Å². The van der Waals surface area contributed by atoms with Crippen LogP contribution >= 0.6 is 11.6 Å². The molecule has 6 nitrogen and oxygen atoms in total. The minimum absolute atomic E-state index is 0.0328. The number of hydrazine groups is 1. The van der Waals surface area contributed by atoms with Gasteiger partial charge >= 0.3 is 0 Å². The Morgan fingerprint density at radius 3 is 3.00 bits per heavy atom. The number of rotatable bonds is 7. The van der Waals surface area contributed by atoms with E-state index in [9.17, 15) is 0 Å². The molecule has 1 aliphatic heterocycles. The molecule has 1 fully saturated rings. The number of hydrogen-bond acceptors (Lipinski definition) is 5. The first-order chi connectivity index (χ1) is 10.1. The van der Waals surface area contributed by atoms with Crippen LogP contribution in [0.5, 0.6) is 0 Å². The predicted molar refractivity (Wildman–Crippen MR) is 84.0 cm³/mol. The van der Waals surface area contributed by atoms with Gasteiger partial charge in [0.2, 0.25) is 0 Å². The van der Waals surface area contributed by atoms with Crippen molar-refractivity contribution < 1.29 is 4.74 Å². The predicted octanol–water partition coefficient (Wildman–Crippen LogP) is 1.42. The van der Waals surface area contributed by atoms with E-state index in [-0.39, 0.29) is 12.1 Å². The fourth-order valence-corrected chi connectivity index (χ4v) is 3.28. The Morgan fingerprint density at radius 1 is 1.62 bits per heavy atom. The maximum atomic E-state index is 6.37. The van der Waals surface area contributed by atoms with Crippen LogP contribution in [-0.4, -0.2) is 48.0 Å². The van der Waals surface area contributed by atoms with Gasteiger partial charge in [-0.1, -0.05) is 18.5 Å². The molecule has 0 saturated carbocycles. The summed E-state index contributed by atoms with van der Waals surface area (Å²) in [4.78, 5) is 2.12.